The molecule has 1 aliphatic heterocycles. The lowest BCUT2D eigenvalue weighted by Crippen LogP contribution is -2.39. The Kier molecular flexibility index (Phi) is 5.06. The summed E-state index contributed by atoms with van der Waals surface area (Å²) in [6.45, 7) is 0.980. The van der Waals surface area contributed by atoms with Gasteiger partial charge in [-0.05, 0) is 48.4 Å². The minimum absolute atomic E-state index is 0.0986. The Bertz CT molecular complexity index is 766. The Morgan fingerprint density at radius 3 is 2.44 bits per heavy atom. The number of likely N-dealkylation sites (tertiary alicyclic amines) is 1. The van der Waals surface area contributed by atoms with Crippen molar-refractivity contribution in [2.45, 2.75) is 18.9 Å². The Hall–Kier alpha value is -2.38. The summed E-state index contributed by atoms with van der Waals surface area (Å²) in [4.78, 5) is 26.2. The second-order valence-electron chi connectivity index (χ2n) is 6.16. The number of amides is 1. The predicted octanol–water partition coefficient (Wildman–Crippen LogP) is 2.74. The third-order valence-electron chi connectivity index (χ3n) is 4.52. The molecule has 6 nitrogen and oxygen atoms in total. The van der Waals surface area contributed by atoms with Crippen molar-refractivity contribution in [3.05, 3.63) is 51.7 Å². The Morgan fingerprint density at radius 2 is 1.84 bits per heavy atom. The van der Waals surface area contributed by atoms with Crippen LogP contribution in [0.3, 0.4) is 0 Å². The molecule has 0 saturated carbocycles. The van der Waals surface area contributed by atoms with Crippen molar-refractivity contribution in [1.29, 1.82) is 0 Å². The Balaban J connectivity index is 1.67. The molecule has 1 aromatic heterocycles. The van der Waals surface area contributed by atoms with E-state index in [4.69, 9.17) is 5.11 Å². The number of phenols is 1. The highest BCUT2D eigenvalue weighted by atomic mass is 32.1. The van der Waals surface area contributed by atoms with Gasteiger partial charge in [-0.3, -0.25) is 4.79 Å². The summed E-state index contributed by atoms with van der Waals surface area (Å²) in [5.74, 6) is -1.64. The average Bonchev–Trinajstić information content (AvgIpc) is 3.14. The number of aliphatic hydroxyl groups excluding tert-OH is 1. The van der Waals surface area contributed by atoms with Gasteiger partial charge in [-0.15, -0.1) is 11.3 Å². The van der Waals surface area contributed by atoms with Crippen LogP contribution in [-0.2, 0) is 0 Å². The Morgan fingerprint density at radius 1 is 1.16 bits per heavy atom. The first kappa shape index (κ1) is 17.4. The van der Waals surface area contributed by atoms with Crippen LogP contribution in [0.1, 0.15) is 44.5 Å². The van der Waals surface area contributed by atoms with Crippen molar-refractivity contribution in [1.82, 2.24) is 4.90 Å². The molecular formula is C18H19NO5S. The minimum atomic E-state index is -1.19. The lowest BCUT2D eigenvalue weighted by atomic mass is 9.90. The lowest BCUT2D eigenvalue weighted by molar-refractivity contribution is 0.0474. The van der Waals surface area contributed by atoms with E-state index >= 15 is 0 Å². The first-order valence-corrected chi connectivity index (χ1v) is 8.92. The van der Waals surface area contributed by atoms with E-state index in [2.05, 4.69) is 0 Å². The van der Waals surface area contributed by atoms with E-state index < -0.39 is 12.1 Å². The summed E-state index contributed by atoms with van der Waals surface area (Å²) in [5.41, 5.74) is 0.0426. The van der Waals surface area contributed by atoms with E-state index in [1.165, 1.54) is 23.5 Å². The zero-order chi connectivity index (χ0) is 18.0. The number of nitrogens with zero attached hydrogens (tertiary/aromatic N) is 1. The van der Waals surface area contributed by atoms with Gasteiger partial charge in [0, 0.05) is 23.5 Å². The molecule has 0 spiro atoms. The van der Waals surface area contributed by atoms with E-state index in [0.717, 1.165) is 10.9 Å². The topological polar surface area (TPSA) is 98.1 Å². The highest BCUT2D eigenvalue weighted by Crippen LogP contribution is 2.33. The van der Waals surface area contributed by atoms with Gasteiger partial charge in [-0.1, -0.05) is 6.07 Å². The summed E-state index contributed by atoms with van der Waals surface area (Å²) >= 11 is 1.52. The molecule has 3 N–H and O–H groups in total. The van der Waals surface area contributed by atoms with Crippen molar-refractivity contribution in [3.63, 3.8) is 0 Å². The maximum Gasteiger partial charge on any atom is 0.335 e. The number of aliphatic hydroxyl groups is 1. The van der Waals surface area contributed by atoms with Crippen molar-refractivity contribution >= 4 is 23.2 Å². The van der Waals surface area contributed by atoms with Crippen LogP contribution in [0.15, 0.2) is 35.7 Å². The number of thiophene rings is 1. The summed E-state index contributed by atoms with van der Waals surface area (Å²) in [5, 5.41) is 31.0. The number of carboxylic acid groups (broad SMARTS) is 1. The van der Waals surface area contributed by atoms with Gasteiger partial charge in [0.2, 0.25) is 0 Å². The van der Waals surface area contributed by atoms with Gasteiger partial charge >= 0.3 is 5.97 Å². The second-order valence-corrected chi connectivity index (χ2v) is 7.14. The van der Waals surface area contributed by atoms with Gasteiger partial charge in [-0.2, -0.15) is 0 Å². The first-order chi connectivity index (χ1) is 12.0. The molecule has 3 rings (SSSR count). The van der Waals surface area contributed by atoms with Crippen molar-refractivity contribution in [2.75, 3.05) is 13.1 Å². The average molecular weight is 361 g/mol. The molecule has 7 heteroatoms. The van der Waals surface area contributed by atoms with Crippen molar-refractivity contribution in [3.8, 4) is 5.75 Å². The lowest BCUT2D eigenvalue weighted by Gasteiger charge is -2.34. The molecule has 0 bridgehead atoms. The summed E-state index contributed by atoms with van der Waals surface area (Å²) in [6, 6.07) is 7.48. The van der Waals surface area contributed by atoms with Gasteiger partial charge in [-0.25, -0.2) is 4.79 Å². The minimum Gasteiger partial charge on any atom is -0.508 e. The molecule has 0 aliphatic carbocycles. The van der Waals surface area contributed by atoms with Gasteiger partial charge in [0.25, 0.3) is 5.91 Å². The fraction of sp³-hybridized carbons (Fsp3) is 0.333. The van der Waals surface area contributed by atoms with E-state index in [0.29, 0.717) is 25.9 Å². The third-order valence-corrected chi connectivity index (χ3v) is 5.46. The highest BCUT2D eigenvalue weighted by Gasteiger charge is 2.29. The fourth-order valence-corrected chi connectivity index (χ4v) is 3.95. The number of phenolic OH excluding ortho intramolecular Hbond substituents is 1. The summed E-state index contributed by atoms with van der Waals surface area (Å²) < 4.78 is 0. The normalized spacial score (nSPS) is 16.6. The van der Waals surface area contributed by atoms with Crippen LogP contribution in [-0.4, -0.2) is 45.2 Å². The van der Waals surface area contributed by atoms with Crippen molar-refractivity contribution < 1.29 is 24.9 Å². The SMILES string of the molecule is O=C(O)c1cc(O)cc(C(=O)N2CCC(C(O)c3cccs3)CC2)c1. The Labute approximate surface area is 149 Å². The quantitative estimate of drug-likeness (QED) is 0.778. The molecular weight excluding hydrogens is 342 g/mol. The van der Waals surface area contributed by atoms with E-state index in [-0.39, 0.29) is 28.7 Å². The molecule has 1 saturated heterocycles. The zero-order valence-corrected chi connectivity index (χ0v) is 14.3. The predicted molar refractivity (Wildman–Crippen MR) is 93.0 cm³/mol. The van der Waals surface area contributed by atoms with E-state index in [1.54, 1.807) is 4.90 Å². The van der Waals surface area contributed by atoms with E-state index in [9.17, 15) is 19.8 Å². The van der Waals surface area contributed by atoms with Gasteiger partial charge in [0.05, 0.1) is 11.7 Å². The highest BCUT2D eigenvalue weighted by molar-refractivity contribution is 7.10. The summed E-state index contributed by atoms with van der Waals surface area (Å²) in [7, 11) is 0. The number of carboxylic acids is 1. The number of hydrogen-bond acceptors (Lipinski definition) is 5. The molecule has 132 valence electrons. The number of piperidine rings is 1. The first-order valence-electron chi connectivity index (χ1n) is 8.04. The number of benzene rings is 1. The fourth-order valence-electron chi connectivity index (χ4n) is 3.15. The molecule has 1 fully saturated rings. The molecule has 1 atom stereocenters. The summed E-state index contributed by atoms with van der Waals surface area (Å²) in [6.07, 6.45) is 0.835. The number of aromatic hydroxyl groups is 1. The molecule has 25 heavy (non-hydrogen) atoms. The number of aromatic carboxylic acids is 1. The van der Waals surface area contributed by atoms with Crippen LogP contribution in [0.4, 0.5) is 0 Å². The molecule has 2 aromatic rings. The number of carbonyl (C=O) groups is 2. The molecule has 1 aromatic carbocycles. The van der Waals surface area contributed by atoms with E-state index in [1.807, 2.05) is 17.5 Å². The number of carbonyl (C=O) groups excluding carboxylic acids is 1. The van der Waals surface area contributed by atoms with Crippen LogP contribution in [0.25, 0.3) is 0 Å². The maximum absolute atomic E-state index is 12.6. The molecule has 0 radical (unpaired) electrons. The largest absolute Gasteiger partial charge is 0.508 e. The zero-order valence-electron chi connectivity index (χ0n) is 13.5. The van der Waals surface area contributed by atoms with Crippen LogP contribution < -0.4 is 0 Å². The second kappa shape index (κ2) is 7.25. The van der Waals surface area contributed by atoms with Crippen molar-refractivity contribution in [2.24, 2.45) is 5.92 Å². The molecule has 1 amide bonds. The molecule has 1 aliphatic rings. The van der Waals surface area contributed by atoms with Crippen LogP contribution in [0.5, 0.6) is 5.75 Å². The van der Waals surface area contributed by atoms with Gasteiger partial charge < -0.3 is 20.2 Å². The number of hydrogen-bond donors (Lipinski definition) is 3. The van der Waals surface area contributed by atoms with Gasteiger partial charge in [0.15, 0.2) is 0 Å². The molecule has 1 unspecified atom stereocenters. The van der Waals surface area contributed by atoms with Crippen LogP contribution in [0, 0.1) is 5.92 Å². The number of rotatable bonds is 4. The third kappa shape index (κ3) is 3.83. The smallest absolute Gasteiger partial charge is 0.335 e. The monoisotopic (exact) mass is 361 g/mol. The van der Waals surface area contributed by atoms with Gasteiger partial charge in [0.1, 0.15) is 5.75 Å². The standard InChI is InChI=1S/C18H19NO5S/c20-14-9-12(8-13(10-14)18(23)24)17(22)19-5-3-11(4-6-19)16(21)15-2-1-7-25-15/h1-2,7-11,16,20-21H,3-6H2,(H,23,24). The molecule has 2 heterocycles. The van der Waals surface area contributed by atoms with Crippen LogP contribution >= 0.6 is 11.3 Å². The van der Waals surface area contributed by atoms with Crippen LogP contribution in [0.2, 0.25) is 0 Å². The maximum atomic E-state index is 12.6.